The van der Waals surface area contributed by atoms with Gasteiger partial charge in [-0.2, -0.15) is 0 Å². The molecule has 1 aliphatic heterocycles. The van der Waals surface area contributed by atoms with Gasteiger partial charge in [0.1, 0.15) is 6.04 Å². The number of nitrogens with zero attached hydrogens (tertiary/aromatic N) is 1. The van der Waals surface area contributed by atoms with Crippen LogP contribution in [0.4, 0.5) is 4.79 Å². The predicted octanol–water partition coefficient (Wildman–Crippen LogP) is 1.95. The highest BCUT2D eigenvalue weighted by atomic mass is 16.2. The van der Waals surface area contributed by atoms with Crippen molar-refractivity contribution in [2.75, 3.05) is 13.6 Å². The Bertz CT molecular complexity index is 803. The standard InChI is InChI=1S/C20H21N3O3/c1-23(18(24)13-17-19(25)22-20(26)21-17)12-11-14-7-9-16(10-8-14)15-5-3-2-4-6-15/h2-10,17H,11-13H2,1H3,(H2,21,22,25,26). The zero-order chi connectivity index (χ0) is 18.5. The summed E-state index contributed by atoms with van der Waals surface area (Å²) < 4.78 is 0. The van der Waals surface area contributed by atoms with Crippen molar-refractivity contribution in [3.05, 3.63) is 60.2 Å². The molecule has 1 aliphatic rings. The number of rotatable bonds is 6. The van der Waals surface area contributed by atoms with Crippen LogP contribution in [0.1, 0.15) is 12.0 Å². The lowest BCUT2D eigenvalue weighted by molar-refractivity contribution is -0.132. The summed E-state index contributed by atoms with van der Waals surface area (Å²) in [7, 11) is 1.70. The van der Waals surface area contributed by atoms with Gasteiger partial charge in [-0.25, -0.2) is 4.79 Å². The minimum absolute atomic E-state index is 0.0268. The SMILES string of the molecule is CN(CCc1ccc(-c2ccccc2)cc1)C(=O)CC1NC(=O)NC1=O. The molecule has 3 rings (SSSR count). The summed E-state index contributed by atoms with van der Waals surface area (Å²) in [5.74, 6) is -0.624. The first kappa shape index (κ1) is 17.7. The number of carbonyl (C=O) groups excluding carboxylic acids is 3. The van der Waals surface area contributed by atoms with Gasteiger partial charge in [-0.3, -0.25) is 14.9 Å². The maximum atomic E-state index is 12.2. The molecule has 1 fully saturated rings. The number of hydrogen-bond acceptors (Lipinski definition) is 3. The lowest BCUT2D eigenvalue weighted by Crippen LogP contribution is -2.37. The first-order valence-electron chi connectivity index (χ1n) is 8.52. The number of likely N-dealkylation sites (N-methyl/N-ethyl adjacent to an activating group) is 1. The first-order valence-corrected chi connectivity index (χ1v) is 8.52. The molecule has 0 aliphatic carbocycles. The third-order valence-corrected chi connectivity index (χ3v) is 4.46. The van der Waals surface area contributed by atoms with Crippen LogP contribution in [0.5, 0.6) is 0 Å². The molecule has 6 nitrogen and oxygen atoms in total. The molecule has 2 aromatic carbocycles. The molecule has 0 bridgehead atoms. The van der Waals surface area contributed by atoms with Crippen LogP contribution in [0.15, 0.2) is 54.6 Å². The molecular formula is C20H21N3O3. The molecule has 1 atom stereocenters. The van der Waals surface area contributed by atoms with Crippen LogP contribution >= 0.6 is 0 Å². The van der Waals surface area contributed by atoms with E-state index < -0.39 is 18.0 Å². The normalized spacial score (nSPS) is 16.1. The monoisotopic (exact) mass is 351 g/mol. The maximum absolute atomic E-state index is 12.2. The Kier molecular flexibility index (Phi) is 5.31. The van der Waals surface area contributed by atoms with Gasteiger partial charge in [-0.05, 0) is 23.1 Å². The third kappa shape index (κ3) is 4.27. The van der Waals surface area contributed by atoms with Gasteiger partial charge in [0.2, 0.25) is 5.91 Å². The molecular weight excluding hydrogens is 330 g/mol. The molecule has 0 spiro atoms. The number of nitrogens with one attached hydrogen (secondary N) is 2. The maximum Gasteiger partial charge on any atom is 0.322 e. The van der Waals surface area contributed by atoms with Crippen molar-refractivity contribution in [3.63, 3.8) is 0 Å². The average molecular weight is 351 g/mol. The summed E-state index contributed by atoms with van der Waals surface area (Å²) in [5, 5.41) is 4.57. The van der Waals surface area contributed by atoms with Crippen molar-refractivity contribution in [1.29, 1.82) is 0 Å². The Morgan fingerprint density at radius 1 is 1.00 bits per heavy atom. The number of urea groups is 1. The fourth-order valence-electron chi connectivity index (χ4n) is 2.85. The fourth-order valence-corrected chi connectivity index (χ4v) is 2.85. The Labute approximate surface area is 152 Å². The van der Waals surface area contributed by atoms with Gasteiger partial charge in [0.05, 0.1) is 6.42 Å². The molecule has 6 heteroatoms. The van der Waals surface area contributed by atoms with Crippen molar-refractivity contribution in [2.45, 2.75) is 18.9 Å². The Morgan fingerprint density at radius 2 is 1.65 bits per heavy atom. The highest BCUT2D eigenvalue weighted by molar-refractivity contribution is 6.05. The second-order valence-electron chi connectivity index (χ2n) is 6.35. The van der Waals surface area contributed by atoms with E-state index in [9.17, 15) is 14.4 Å². The van der Waals surface area contributed by atoms with Gasteiger partial charge in [0.15, 0.2) is 0 Å². The van der Waals surface area contributed by atoms with Gasteiger partial charge in [0.25, 0.3) is 5.91 Å². The first-order chi connectivity index (χ1) is 12.5. The summed E-state index contributed by atoms with van der Waals surface area (Å²) in [6, 6.07) is 17.1. The summed E-state index contributed by atoms with van der Waals surface area (Å²) in [6.07, 6.45) is 0.696. The minimum atomic E-state index is -0.775. The quantitative estimate of drug-likeness (QED) is 0.781. The van der Waals surface area contributed by atoms with E-state index in [-0.39, 0.29) is 12.3 Å². The lowest BCUT2D eigenvalue weighted by atomic mass is 10.0. The summed E-state index contributed by atoms with van der Waals surface area (Å²) in [5.41, 5.74) is 3.46. The van der Waals surface area contributed by atoms with Gasteiger partial charge in [0, 0.05) is 13.6 Å². The highest BCUT2D eigenvalue weighted by Gasteiger charge is 2.31. The number of carbonyl (C=O) groups is 3. The van der Waals surface area contributed by atoms with Crippen molar-refractivity contribution in [1.82, 2.24) is 15.5 Å². The van der Waals surface area contributed by atoms with E-state index in [1.54, 1.807) is 11.9 Å². The van der Waals surface area contributed by atoms with E-state index >= 15 is 0 Å². The average Bonchev–Trinajstić information content (AvgIpc) is 2.97. The Morgan fingerprint density at radius 3 is 2.27 bits per heavy atom. The van der Waals surface area contributed by atoms with Crippen LogP contribution in [0, 0.1) is 0 Å². The molecule has 1 unspecified atom stereocenters. The molecule has 1 saturated heterocycles. The lowest BCUT2D eigenvalue weighted by Gasteiger charge is -2.18. The zero-order valence-electron chi connectivity index (χ0n) is 14.6. The summed E-state index contributed by atoms with van der Waals surface area (Å²) >= 11 is 0. The third-order valence-electron chi connectivity index (χ3n) is 4.46. The summed E-state index contributed by atoms with van der Waals surface area (Å²) in [6.45, 7) is 0.547. The van der Waals surface area contributed by atoms with E-state index in [0.29, 0.717) is 6.54 Å². The molecule has 134 valence electrons. The Hall–Kier alpha value is -3.15. The molecule has 0 saturated carbocycles. The van der Waals surface area contributed by atoms with Gasteiger partial charge in [-0.15, -0.1) is 0 Å². The summed E-state index contributed by atoms with van der Waals surface area (Å²) in [4.78, 5) is 36.4. The van der Waals surface area contributed by atoms with Crippen LogP contribution in [0.3, 0.4) is 0 Å². The molecule has 26 heavy (non-hydrogen) atoms. The number of hydrogen-bond donors (Lipinski definition) is 2. The second kappa shape index (κ2) is 7.82. The van der Waals surface area contributed by atoms with Crippen molar-refractivity contribution < 1.29 is 14.4 Å². The highest BCUT2D eigenvalue weighted by Crippen LogP contribution is 2.19. The van der Waals surface area contributed by atoms with E-state index in [1.807, 2.05) is 18.2 Å². The smallest absolute Gasteiger partial charge is 0.322 e. The van der Waals surface area contributed by atoms with E-state index in [2.05, 4.69) is 47.0 Å². The molecule has 0 radical (unpaired) electrons. The van der Waals surface area contributed by atoms with Crippen LogP contribution in [0.2, 0.25) is 0 Å². The molecule has 0 aromatic heterocycles. The number of amides is 4. The largest absolute Gasteiger partial charge is 0.345 e. The van der Waals surface area contributed by atoms with Gasteiger partial charge < -0.3 is 10.2 Å². The zero-order valence-corrected chi connectivity index (χ0v) is 14.6. The number of benzene rings is 2. The van der Waals surface area contributed by atoms with Crippen molar-refractivity contribution in [3.8, 4) is 11.1 Å². The Balaban J connectivity index is 1.51. The van der Waals surface area contributed by atoms with Crippen molar-refractivity contribution >= 4 is 17.8 Å². The van der Waals surface area contributed by atoms with E-state index in [1.165, 1.54) is 5.56 Å². The van der Waals surface area contributed by atoms with Crippen LogP contribution < -0.4 is 10.6 Å². The van der Waals surface area contributed by atoms with Crippen LogP contribution in [-0.4, -0.2) is 42.4 Å². The second-order valence-corrected chi connectivity index (χ2v) is 6.35. The van der Waals surface area contributed by atoms with E-state index in [4.69, 9.17) is 0 Å². The van der Waals surface area contributed by atoms with Gasteiger partial charge >= 0.3 is 6.03 Å². The molecule has 2 N–H and O–H groups in total. The van der Waals surface area contributed by atoms with Crippen molar-refractivity contribution in [2.24, 2.45) is 0 Å². The van der Waals surface area contributed by atoms with Crippen LogP contribution in [0.25, 0.3) is 11.1 Å². The molecule has 1 heterocycles. The molecule has 4 amide bonds. The predicted molar refractivity (Wildman–Crippen MR) is 98.3 cm³/mol. The van der Waals surface area contributed by atoms with Crippen LogP contribution in [-0.2, 0) is 16.0 Å². The topological polar surface area (TPSA) is 78.5 Å². The fraction of sp³-hybridized carbons (Fsp3) is 0.250. The number of imide groups is 1. The minimum Gasteiger partial charge on any atom is -0.345 e. The van der Waals surface area contributed by atoms with E-state index in [0.717, 1.165) is 17.5 Å². The molecule has 2 aromatic rings. The van der Waals surface area contributed by atoms with Gasteiger partial charge in [-0.1, -0.05) is 54.6 Å².